The summed E-state index contributed by atoms with van der Waals surface area (Å²) in [6, 6.07) is 10.3. The number of cyclic esters (lactones) is 1. The van der Waals surface area contributed by atoms with Crippen molar-refractivity contribution in [2.45, 2.75) is 6.54 Å². The van der Waals surface area contributed by atoms with Crippen molar-refractivity contribution < 1.29 is 28.3 Å². The van der Waals surface area contributed by atoms with E-state index in [-0.39, 0.29) is 18.7 Å². The predicted octanol–water partition coefficient (Wildman–Crippen LogP) is 2.03. The Balaban J connectivity index is 1.59. The molecule has 1 aromatic carbocycles. The number of benzene rings is 1. The topological polar surface area (TPSA) is 98.1 Å². The van der Waals surface area contributed by atoms with Crippen LogP contribution in [0, 0.1) is 0 Å². The molecule has 25 heavy (non-hydrogen) atoms. The number of hydrogen-bond donors (Lipinski definition) is 1. The summed E-state index contributed by atoms with van der Waals surface area (Å²) in [4.78, 5) is 36.3. The van der Waals surface area contributed by atoms with E-state index in [1.807, 2.05) is 6.07 Å². The van der Waals surface area contributed by atoms with Gasteiger partial charge in [0.05, 0.1) is 24.9 Å². The molecular formula is C17H16N2O6. The average molecular weight is 344 g/mol. The summed E-state index contributed by atoms with van der Waals surface area (Å²) in [5.41, 5.74) is 0.836. The Morgan fingerprint density at radius 3 is 2.76 bits per heavy atom. The number of carbonyl (C=O) groups excluding carboxylic acids is 3. The Hall–Kier alpha value is -3.29. The first-order valence-corrected chi connectivity index (χ1v) is 7.64. The second kappa shape index (κ2) is 7.52. The highest BCUT2D eigenvalue weighted by Gasteiger charge is 2.29. The number of rotatable bonds is 6. The summed E-state index contributed by atoms with van der Waals surface area (Å²) in [5, 5.41) is 3.08. The predicted molar refractivity (Wildman–Crippen MR) is 85.8 cm³/mol. The minimum atomic E-state index is -0.721. The third-order valence-corrected chi connectivity index (χ3v) is 3.57. The van der Waals surface area contributed by atoms with Crippen LogP contribution in [0.2, 0.25) is 0 Å². The molecule has 8 nitrogen and oxygen atoms in total. The summed E-state index contributed by atoms with van der Waals surface area (Å²) in [6.07, 6.45) is 0.841. The van der Waals surface area contributed by atoms with Gasteiger partial charge in [-0.1, -0.05) is 12.1 Å². The van der Waals surface area contributed by atoms with E-state index in [0.29, 0.717) is 18.0 Å². The smallest absolute Gasteiger partial charge is 0.416 e. The highest BCUT2D eigenvalue weighted by atomic mass is 16.6. The van der Waals surface area contributed by atoms with Crippen LogP contribution in [-0.4, -0.2) is 42.6 Å². The highest BCUT2D eigenvalue weighted by Crippen LogP contribution is 2.17. The fourth-order valence-electron chi connectivity index (χ4n) is 2.31. The molecule has 1 aliphatic rings. The van der Waals surface area contributed by atoms with Crippen LogP contribution in [0.1, 0.15) is 16.1 Å². The molecule has 3 rings (SSSR count). The number of nitrogens with one attached hydrogen (secondary N) is 1. The van der Waals surface area contributed by atoms with Crippen LogP contribution in [-0.2, 0) is 20.8 Å². The molecule has 130 valence electrons. The second-order valence-electron chi connectivity index (χ2n) is 5.21. The number of esters is 1. The lowest BCUT2D eigenvalue weighted by Gasteiger charge is -2.13. The van der Waals surface area contributed by atoms with Crippen LogP contribution in [0.4, 0.5) is 10.5 Å². The molecule has 0 bridgehead atoms. The van der Waals surface area contributed by atoms with Gasteiger partial charge in [-0.05, 0) is 24.3 Å². The number of anilines is 1. The number of para-hydroxylation sites is 1. The lowest BCUT2D eigenvalue weighted by atomic mass is 10.2. The van der Waals surface area contributed by atoms with E-state index in [2.05, 4.69) is 10.1 Å². The van der Waals surface area contributed by atoms with Gasteiger partial charge in [-0.2, -0.15) is 0 Å². The number of nitrogens with zero attached hydrogens (tertiary/aromatic N) is 1. The Morgan fingerprint density at radius 1 is 1.20 bits per heavy atom. The maximum Gasteiger partial charge on any atom is 0.416 e. The first-order chi connectivity index (χ1) is 12.1. The zero-order valence-electron chi connectivity index (χ0n) is 13.3. The van der Waals surface area contributed by atoms with Crippen LogP contribution in [0.25, 0.3) is 0 Å². The van der Waals surface area contributed by atoms with Gasteiger partial charge in [0.1, 0.15) is 12.4 Å². The van der Waals surface area contributed by atoms with Crippen molar-refractivity contribution in [3.05, 3.63) is 54.0 Å². The minimum Gasteiger partial charge on any atom is -0.467 e. The normalized spacial score (nSPS) is 13.4. The largest absolute Gasteiger partial charge is 0.467 e. The van der Waals surface area contributed by atoms with E-state index in [0.717, 1.165) is 4.90 Å². The summed E-state index contributed by atoms with van der Waals surface area (Å²) in [6.45, 7) is 0.185. The van der Waals surface area contributed by atoms with Crippen LogP contribution in [0.15, 0.2) is 47.1 Å². The third-order valence-electron chi connectivity index (χ3n) is 3.57. The molecule has 2 amide bonds. The van der Waals surface area contributed by atoms with Crippen molar-refractivity contribution in [3.63, 3.8) is 0 Å². The molecule has 0 saturated carbocycles. The van der Waals surface area contributed by atoms with E-state index in [4.69, 9.17) is 9.15 Å². The van der Waals surface area contributed by atoms with Crippen LogP contribution in [0.3, 0.4) is 0 Å². The first-order valence-electron chi connectivity index (χ1n) is 7.64. The molecule has 1 aliphatic heterocycles. The molecule has 1 N–H and O–H groups in total. The van der Waals surface area contributed by atoms with Crippen molar-refractivity contribution in [1.82, 2.24) is 4.90 Å². The molecule has 8 heteroatoms. The SMILES string of the molecule is O=C(OCC(=O)N1CCOC1=O)c1ccccc1NCc1ccco1. The molecule has 1 fully saturated rings. The van der Waals surface area contributed by atoms with Gasteiger partial charge in [0.25, 0.3) is 5.91 Å². The third kappa shape index (κ3) is 3.97. The lowest BCUT2D eigenvalue weighted by Crippen LogP contribution is -2.35. The Morgan fingerprint density at radius 2 is 2.04 bits per heavy atom. The van der Waals surface area contributed by atoms with Gasteiger partial charge in [0, 0.05) is 5.69 Å². The number of ether oxygens (including phenoxy) is 2. The molecule has 2 heterocycles. The van der Waals surface area contributed by atoms with Crippen molar-refractivity contribution >= 4 is 23.7 Å². The summed E-state index contributed by atoms with van der Waals surface area (Å²) < 4.78 is 14.9. The number of furan rings is 1. The average Bonchev–Trinajstić information content (AvgIpc) is 3.29. The van der Waals surface area contributed by atoms with Gasteiger partial charge in [0.2, 0.25) is 0 Å². The fourth-order valence-corrected chi connectivity index (χ4v) is 2.31. The highest BCUT2D eigenvalue weighted by molar-refractivity contribution is 5.98. The molecule has 0 radical (unpaired) electrons. The van der Waals surface area contributed by atoms with Crippen molar-refractivity contribution in [1.29, 1.82) is 0 Å². The van der Waals surface area contributed by atoms with Crippen molar-refractivity contribution in [3.8, 4) is 0 Å². The molecular weight excluding hydrogens is 328 g/mol. The van der Waals surface area contributed by atoms with Crippen molar-refractivity contribution in [2.75, 3.05) is 25.1 Å². The Labute approximate surface area is 143 Å². The van der Waals surface area contributed by atoms with Gasteiger partial charge in [-0.3, -0.25) is 4.79 Å². The monoisotopic (exact) mass is 344 g/mol. The maximum atomic E-state index is 12.3. The molecule has 2 aromatic rings. The zero-order valence-corrected chi connectivity index (χ0v) is 13.3. The standard InChI is InChI=1S/C17H16N2O6/c20-15(19-7-9-24-17(19)22)11-25-16(21)13-5-1-2-6-14(13)18-10-12-4-3-8-23-12/h1-6,8,18H,7,9-11H2. The van der Waals surface area contributed by atoms with Gasteiger partial charge >= 0.3 is 12.1 Å². The second-order valence-corrected chi connectivity index (χ2v) is 5.21. The molecule has 0 spiro atoms. The number of amides is 2. The Kier molecular flexibility index (Phi) is 4.98. The number of carbonyl (C=O) groups is 3. The van der Waals surface area contributed by atoms with Crippen LogP contribution in [0.5, 0.6) is 0 Å². The quantitative estimate of drug-likeness (QED) is 0.801. The molecule has 1 saturated heterocycles. The summed E-state index contributed by atoms with van der Waals surface area (Å²) in [7, 11) is 0. The molecule has 1 aromatic heterocycles. The van der Waals surface area contributed by atoms with Gasteiger partial charge in [-0.15, -0.1) is 0 Å². The molecule has 0 unspecified atom stereocenters. The summed E-state index contributed by atoms with van der Waals surface area (Å²) >= 11 is 0. The minimum absolute atomic E-state index is 0.151. The van der Waals surface area contributed by atoms with Crippen molar-refractivity contribution in [2.24, 2.45) is 0 Å². The zero-order chi connectivity index (χ0) is 17.6. The number of imide groups is 1. The number of hydrogen-bond acceptors (Lipinski definition) is 7. The molecule has 0 aliphatic carbocycles. The van der Waals surface area contributed by atoms with Gasteiger partial charge in [0.15, 0.2) is 6.61 Å². The van der Waals surface area contributed by atoms with Gasteiger partial charge in [-0.25, -0.2) is 14.5 Å². The van der Waals surface area contributed by atoms with E-state index >= 15 is 0 Å². The maximum absolute atomic E-state index is 12.3. The van der Waals surface area contributed by atoms with Crippen LogP contribution < -0.4 is 5.32 Å². The summed E-state index contributed by atoms with van der Waals surface area (Å²) in [5.74, 6) is -0.564. The fraction of sp³-hybridized carbons (Fsp3) is 0.235. The van der Waals surface area contributed by atoms with E-state index in [9.17, 15) is 14.4 Å². The molecule has 0 atom stereocenters. The van der Waals surface area contributed by atoms with Crippen LogP contribution >= 0.6 is 0 Å². The van der Waals surface area contributed by atoms with E-state index < -0.39 is 24.6 Å². The first kappa shape index (κ1) is 16.6. The van der Waals surface area contributed by atoms with Gasteiger partial charge < -0.3 is 19.2 Å². The Bertz CT molecular complexity index is 771. The van der Waals surface area contributed by atoms with E-state index in [1.54, 1.807) is 36.6 Å². The van der Waals surface area contributed by atoms with E-state index in [1.165, 1.54) is 0 Å². The lowest BCUT2D eigenvalue weighted by molar-refractivity contribution is -0.131.